The third-order valence-corrected chi connectivity index (χ3v) is 3.90. The van der Waals surface area contributed by atoms with Crippen LogP contribution in [-0.4, -0.2) is 22.4 Å². The van der Waals surface area contributed by atoms with E-state index in [1.807, 2.05) is 60.7 Å². The molecule has 0 aliphatic carbocycles. The summed E-state index contributed by atoms with van der Waals surface area (Å²) in [6.07, 6.45) is 0. The van der Waals surface area contributed by atoms with Crippen molar-refractivity contribution in [3.05, 3.63) is 60.7 Å². The lowest BCUT2D eigenvalue weighted by Crippen LogP contribution is -2.10. The fraction of sp³-hybridized carbons (Fsp3) is 0.227. The third kappa shape index (κ3) is 5.54. The molecule has 2 aromatic carbocycles. The van der Waals surface area contributed by atoms with Crippen molar-refractivity contribution in [1.82, 2.24) is 9.97 Å². The first kappa shape index (κ1) is 19.4. The average Bonchev–Trinajstić information content (AvgIpc) is 2.67. The Kier molecular flexibility index (Phi) is 6.22. The average molecular weight is 375 g/mol. The van der Waals surface area contributed by atoms with Crippen LogP contribution >= 0.6 is 0 Å². The molecule has 3 N–H and O–H groups in total. The highest BCUT2D eigenvalue weighted by molar-refractivity contribution is 5.89. The van der Waals surface area contributed by atoms with Gasteiger partial charge in [0.15, 0.2) is 5.82 Å². The summed E-state index contributed by atoms with van der Waals surface area (Å²) in [5.41, 5.74) is 2.51. The van der Waals surface area contributed by atoms with Gasteiger partial charge in [-0.05, 0) is 24.1 Å². The molecule has 0 aliphatic rings. The second kappa shape index (κ2) is 8.99. The molecule has 0 bridgehead atoms. The summed E-state index contributed by atoms with van der Waals surface area (Å²) in [6, 6.07) is 19.3. The number of amides is 1. The summed E-state index contributed by atoms with van der Waals surface area (Å²) in [4.78, 5) is 20.6. The molecule has 6 heteroatoms. The molecule has 0 aliphatic heterocycles. The number of aromatic nitrogens is 2. The zero-order valence-electron chi connectivity index (χ0n) is 16.4. The van der Waals surface area contributed by atoms with Gasteiger partial charge >= 0.3 is 0 Å². The molecular formula is C22H25N5O. The van der Waals surface area contributed by atoms with Crippen molar-refractivity contribution in [2.75, 3.05) is 22.5 Å². The molecule has 1 heterocycles. The number of nitrogens with one attached hydrogen (secondary N) is 3. The number of carbonyl (C=O) groups excluding carboxylic acids is 1. The monoisotopic (exact) mass is 375 g/mol. The SMILES string of the molecule is CC(=O)Nc1cccc(Nc2cc(NCC(C)C)nc(-c3ccccc3)n2)c1. The van der Waals surface area contributed by atoms with Crippen LogP contribution in [-0.2, 0) is 4.79 Å². The fourth-order valence-electron chi connectivity index (χ4n) is 2.65. The minimum Gasteiger partial charge on any atom is -0.370 e. The summed E-state index contributed by atoms with van der Waals surface area (Å²) in [5.74, 6) is 2.49. The van der Waals surface area contributed by atoms with E-state index in [1.165, 1.54) is 6.92 Å². The number of nitrogens with zero attached hydrogens (tertiary/aromatic N) is 2. The van der Waals surface area contributed by atoms with Gasteiger partial charge in [-0.3, -0.25) is 4.79 Å². The van der Waals surface area contributed by atoms with Crippen LogP contribution in [0.25, 0.3) is 11.4 Å². The fourth-order valence-corrected chi connectivity index (χ4v) is 2.65. The van der Waals surface area contributed by atoms with E-state index < -0.39 is 0 Å². The number of rotatable bonds is 7. The molecule has 6 nitrogen and oxygen atoms in total. The van der Waals surface area contributed by atoms with Crippen LogP contribution in [0.1, 0.15) is 20.8 Å². The van der Waals surface area contributed by atoms with Gasteiger partial charge in [-0.2, -0.15) is 0 Å². The van der Waals surface area contributed by atoms with Crippen LogP contribution in [0.5, 0.6) is 0 Å². The van der Waals surface area contributed by atoms with Crippen LogP contribution in [0, 0.1) is 5.92 Å². The minimum atomic E-state index is -0.106. The van der Waals surface area contributed by atoms with Crippen molar-refractivity contribution in [1.29, 1.82) is 0 Å². The van der Waals surface area contributed by atoms with Crippen molar-refractivity contribution < 1.29 is 4.79 Å². The van der Waals surface area contributed by atoms with Crippen LogP contribution in [0.2, 0.25) is 0 Å². The van der Waals surface area contributed by atoms with Crippen molar-refractivity contribution in [3.63, 3.8) is 0 Å². The molecule has 0 radical (unpaired) electrons. The first-order valence-corrected chi connectivity index (χ1v) is 9.32. The molecular weight excluding hydrogens is 350 g/mol. The Labute approximate surface area is 165 Å². The maximum atomic E-state index is 11.3. The first-order valence-electron chi connectivity index (χ1n) is 9.32. The Morgan fingerprint density at radius 2 is 1.64 bits per heavy atom. The van der Waals surface area contributed by atoms with E-state index >= 15 is 0 Å². The predicted octanol–water partition coefficient (Wildman–Crippen LogP) is 4.91. The highest BCUT2D eigenvalue weighted by atomic mass is 16.1. The Morgan fingerprint density at radius 3 is 2.36 bits per heavy atom. The predicted molar refractivity (Wildman–Crippen MR) is 115 cm³/mol. The van der Waals surface area contributed by atoms with E-state index in [4.69, 9.17) is 0 Å². The van der Waals surface area contributed by atoms with E-state index in [0.29, 0.717) is 17.6 Å². The van der Waals surface area contributed by atoms with Gasteiger partial charge in [0.05, 0.1) is 0 Å². The van der Waals surface area contributed by atoms with Gasteiger partial charge in [-0.1, -0.05) is 50.2 Å². The molecule has 0 atom stereocenters. The summed E-state index contributed by atoms with van der Waals surface area (Å²) in [5, 5.41) is 9.47. The van der Waals surface area contributed by atoms with E-state index in [-0.39, 0.29) is 5.91 Å². The molecule has 3 rings (SSSR count). The Morgan fingerprint density at radius 1 is 0.929 bits per heavy atom. The minimum absolute atomic E-state index is 0.106. The molecule has 1 amide bonds. The first-order chi connectivity index (χ1) is 13.5. The van der Waals surface area contributed by atoms with Crippen LogP contribution in [0.15, 0.2) is 60.7 Å². The second-order valence-electron chi connectivity index (χ2n) is 6.99. The lowest BCUT2D eigenvalue weighted by molar-refractivity contribution is -0.114. The number of benzene rings is 2. The molecule has 3 aromatic rings. The lowest BCUT2D eigenvalue weighted by atomic mass is 10.2. The standard InChI is InChI=1S/C22H25N5O/c1-15(2)14-23-20-13-21(27-22(26-20)17-8-5-4-6-9-17)25-19-11-7-10-18(12-19)24-16(3)28/h4-13,15H,14H2,1-3H3,(H,24,28)(H2,23,25,26,27). The molecule has 0 fully saturated rings. The van der Waals surface area contributed by atoms with Gasteiger partial charge < -0.3 is 16.0 Å². The van der Waals surface area contributed by atoms with Crippen molar-refractivity contribution in [3.8, 4) is 11.4 Å². The van der Waals surface area contributed by atoms with Gasteiger partial charge in [0, 0.05) is 36.5 Å². The van der Waals surface area contributed by atoms with Crippen molar-refractivity contribution in [2.45, 2.75) is 20.8 Å². The number of anilines is 4. The summed E-state index contributed by atoms with van der Waals surface area (Å²) in [6.45, 7) is 6.62. The van der Waals surface area contributed by atoms with Gasteiger partial charge in [-0.25, -0.2) is 9.97 Å². The number of carbonyl (C=O) groups is 1. The van der Waals surface area contributed by atoms with Gasteiger partial charge in [0.25, 0.3) is 0 Å². The molecule has 28 heavy (non-hydrogen) atoms. The molecule has 144 valence electrons. The number of hydrogen-bond donors (Lipinski definition) is 3. The topological polar surface area (TPSA) is 78.9 Å². The Balaban J connectivity index is 1.91. The highest BCUT2D eigenvalue weighted by Gasteiger charge is 2.08. The normalized spacial score (nSPS) is 10.6. The van der Waals surface area contributed by atoms with Crippen LogP contribution in [0.3, 0.4) is 0 Å². The summed E-state index contributed by atoms with van der Waals surface area (Å²) < 4.78 is 0. The maximum Gasteiger partial charge on any atom is 0.221 e. The van der Waals surface area contributed by atoms with Crippen LogP contribution < -0.4 is 16.0 Å². The van der Waals surface area contributed by atoms with Crippen molar-refractivity contribution in [2.24, 2.45) is 5.92 Å². The molecule has 0 saturated heterocycles. The van der Waals surface area contributed by atoms with Crippen molar-refractivity contribution >= 4 is 28.9 Å². The quantitative estimate of drug-likeness (QED) is 0.547. The molecule has 0 unspecified atom stereocenters. The van der Waals surface area contributed by atoms with E-state index in [1.54, 1.807) is 0 Å². The van der Waals surface area contributed by atoms with Gasteiger partial charge in [0.2, 0.25) is 5.91 Å². The molecule has 0 spiro atoms. The maximum absolute atomic E-state index is 11.3. The summed E-state index contributed by atoms with van der Waals surface area (Å²) in [7, 11) is 0. The zero-order valence-corrected chi connectivity index (χ0v) is 16.4. The highest BCUT2D eigenvalue weighted by Crippen LogP contribution is 2.24. The number of hydrogen-bond acceptors (Lipinski definition) is 5. The molecule has 1 aromatic heterocycles. The second-order valence-corrected chi connectivity index (χ2v) is 6.99. The van der Waals surface area contributed by atoms with Gasteiger partial charge in [0.1, 0.15) is 11.6 Å². The van der Waals surface area contributed by atoms with E-state index in [9.17, 15) is 4.79 Å². The zero-order chi connectivity index (χ0) is 19.9. The van der Waals surface area contributed by atoms with Gasteiger partial charge in [-0.15, -0.1) is 0 Å². The Hall–Kier alpha value is -3.41. The largest absolute Gasteiger partial charge is 0.370 e. The lowest BCUT2D eigenvalue weighted by Gasteiger charge is -2.13. The van der Waals surface area contributed by atoms with E-state index in [0.717, 1.165) is 29.3 Å². The van der Waals surface area contributed by atoms with Crippen LogP contribution in [0.4, 0.5) is 23.0 Å². The summed E-state index contributed by atoms with van der Waals surface area (Å²) >= 11 is 0. The Bertz CT molecular complexity index is 941. The third-order valence-electron chi connectivity index (χ3n) is 3.90. The molecule has 0 saturated carbocycles. The van der Waals surface area contributed by atoms with E-state index in [2.05, 4.69) is 39.8 Å². The smallest absolute Gasteiger partial charge is 0.221 e.